The predicted octanol–water partition coefficient (Wildman–Crippen LogP) is 4.86. The van der Waals surface area contributed by atoms with Crippen LogP contribution in [0.4, 0.5) is 0 Å². The molecule has 1 N–H and O–H groups in total. The molecule has 1 atom stereocenters. The van der Waals surface area contributed by atoms with Gasteiger partial charge in [-0.1, -0.05) is 51.1 Å². The maximum Gasteiger partial charge on any atom is 0.244 e. The third-order valence-corrected chi connectivity index (χ3v) is 10.0. The maximum atomic E-state index is 13.5. The highest BCUT2D eigenvalue weighted by molar-refractivity contribution is 7.89. The van der Waals surface area contributed by atoms with Crippen molar-refractivity contribution in [3.05, 3.63) is 16.8 Å². The second kappa shape index (κ2) is 10.9. The van der Waals surface area contributed by atoms with Gasteiger partial charge in [0.25, 0.3) is 0 Å². The molecular weight excluding hydrogens is 472 g/mol. The Morgan fingerprint density at radius 2 is 1.85 bits per heavy atom. The van der Waals surface area contributed by atoms with Crippen molar-refractivity contribution in [2.45, 2.75) is 95.4 Å². The molecule has 0 radical (unpaired) electrons. The summed E-state index contributed by atoms with van der Waals surface area (Å²) < 4.78 is 33.9. The van der Waals surface area contributed by atoms with E-state index in [1.165, 1.54) is 34.9 Å². The van der Waals surface area contributed by atoms with Gasteiger partial charge in [0.05, 0.1) is 15.7 Å². The number of sulfonamides is 1. The lowest BCUT2D eigenvalue weighted by Crippen LogP contribution is -2.47. The van der Waals surface area contributed by atoms with Crippen LogP contribution in [0, 0.1) is 12.8 Å². The first-order chi connectivity index (χ1) is 16.3. The molecule has 0 spiro atoms. The zero-order valence-electron chi connectivity index (χ0n) is 20.4. The topological polar surface area (TPSA) is 105 Å². The number of carbonyl (C=O) groups is 1. The molecule has 1 aliphatic heterocycles. The van der Waals surface area contributed by atoms with Crippen molar-refractivity contribution >= 4 is 27.3 Å². The summed E-state index contributed by atoms with van der Waals surface area (Å²) in [4.78, 5) is 19.1. The normalized spacial score (nSPS) is 21.4. The Balaban J connectivity index is 1.45. The van der Waals surface area contributed by atoms with E-state index in [4.69, 9.17) is 4.52 Å². The van der Waals surface area contributed by atoms with E-state index in [9.17, 15) is 13.2 Å². The monoisotopic (exact) mass is 508 g/mol. The minimum Gasteiger partial charge on any atom is -0.353 e. The van der Waals surface area contributed by atoms with Gasteiger partial charge in [-0.3, -0.25) is 4.79 Å². The number of amides is 1. The van der Waals surface area contributed by atoms with Crippen LogP contribution in [0.2, 0.25) is 0 Å². The molecule has 34 heavy (non-hydrogen) atoms. The van der Waals surface area contributed by atoms with Gasteiger partial charge in [0.2, 0.25) is 27.6 Å². The highest BCUT2D eigenvalue weighted by Gasteiger charge is 2.35. The van der Waals surface area contributed by atoms with E-state index in [1.54, 1.807) is 13.0 Å². The number of carbonyl (C=O) groups excluding carboxylic acids is 1. The number of hydrogen-bond donors (Lipinski definition) is 1. The fraction of sp³-hybridized carbons (Fsp3) is 0.708. The lowest BCUT2D eigenvalue weighted by molar-refractivity contribution is -0.126. The first kappa shape index (κ1) is 25.3. The number of rotatable bonds is 6. The Morgan fingerprint density at radius 1 is 1.15 bits per heavy atom. The fourth-order valence-corrected chi connectivity index (χ4v) is 7.84. The van der Waals surface area contributed by atoms with Crippen LogP contribution in [-0.4, -0.2) is 47.9 Å². The Kier molecular flexibility index (Phi) is 8.09. The lowest BCUT2D eigenvalue weighted by Gasteiger charge is -2.32. The first-order valence-electron chi connectivity index (χ1n) is 12.5. The van der Waals surface area contributed by atoms with Crippen molar-refractivity contribution in [3.8, 4) is 10.7 Å². The second-order valence-corrected chi connectivity index (χ2v) is 13.1. The van der Waals surface area contributed by atoms with Crippen LogP contribution >= 0.6 is 11.3 Å². The summed E-state index contributed by atoms with van der Waals surface area (Å²) in [5.41, 5.74) is 0. The van der Waals surface area contributed by atoms with E-state index in [0.29, 0.717) is 34.4 Å². The van der Waals surface area contributed by atoms with Crippen LogP contribution in [0.1, 0.15) is 88.3 Å². The van der Waals surface area contributed by atoms with Crippen molar-refractivity contribution in [2.24, 2.45) is 5.92 Å². The number of aromatic nitrogens is 2. The summed E-state index contributed by atoms with van der Waals surface area (Å²) in [6.07, 6.45) is 9.48. The number of aryl methyl sites for hydroxylation is 1. The molecule has 3 heterocycles. The van der Waals surface area contributed by atoms with Gasteiger partial charge in [-0.05, 0) is 38.7 Å². The van der Waals surface area contributed by atoms with E-state index in [-0.39, 0.29) is 35.2 Å². The first-order valence-corrected chi connectivity index (χ1v) is 14.8. The van der Waals surface area contributed by atoms with Gasteiger partial charge in [0.1, 0.15) is 0 Å². The number of piperidine rings is 1. The van der Waals surface area contributed by atoms with Gasteiger partial charge in [-0.2, -0.15) is 9.29 Å². The Bertz CT molecular complexity index is 1080. The van der Waals surface area contributed by atoms with Crippen molar-refractivity contribution in [2.75, 3.05) is 13.1 Å². The van der Waals surface area contributed by atoms with Crippen molar-refractivity contribution in [1.82, 2.24) is 19.8 Å². The molecule has 1 aliphatic carbocycles. The average molecular weight is 509 g/mol. The third kappa shape index (κ3) is 5.71. The van der Waals surface area contributed by atoms with Gasteiger partial charge in [0, 0.05) is 29.9 Å². The molecule has 8 nitrogen and oxygen atoms in total. The molecule has 1 amide bonds. The third-order valence-electron chi connectivity index (χ3n) is 6.85. The van der Waals surface area contributed by atoms with E-state index in [0.717, 1.165) is 32.1 Å². The number of hydrogen-bond acceptors (Lipinski definition) is 7. The number of nitrogens with zero attached hydrogens (tertiary/aromatic N) is 3. The van der Waals surface area contributed by atoms with Gasteiger partial charge in [0.15, 0.2) is 0 Å². The average Bonchev–Trinajstić information content (AvgIpc) is 3.43. The van der Waals surface area contributed by atoms with Crippen LogP contribution in [0.15, 0.2) is 15.5 Å². The summed E-state index contributed by atoms with van der Waals surface area (Å²) >= 11 is 1.35. The van der Waals surface area contributed by atoms with Crippen LogP contribution < -0.4 is 5.32 Å². The van der Waals surface area contributed by atoms with E-state index in [2.05, 4.69) is 15.5 Å². The lowest BCUT2D eigenvalue weighted by atomic mass is 9.94. The zero-order valence-corrected chi connectivity index (χ0v) is 22.0. The molecule has 0 unspecified atom stereocenters. The summed E-state index contributed by atoms with van der Waals surface area (Å²) in [5, 5.41) is 7.25. The standard InChI is InChI=1S/C24H36N4O4S2/c1-16(2)24-26-22(27-32-24)20-14-21(17(3)33-20)34(30,31)28-13-9-10-18(15-28)23(29)25-19-11-7-5-4-6-8-12-19/h14,16,18-19H,4-13,15H2,1-3H3,(H,25,29)/t18-/m1/s1. The van der Waals surface area contributed by atoms with E-state index >= 15 is 0 Å². The highest BCUT2D eigenvalue weighted by Crippen LogP contribution is 2.35. The minimum atomic E-state index is -3.72. The van der Waals surface area contributed by atoms with E-state index in [1.807, 2.05) is 13.8 Å². The van der Waals surface area contributed by atoms with Crippen LogP contribution in [0.5, 0.6) is 0 Å². The SMILES string of the molecule is Cc1sc(-c2noc(C(C)C)n2)cc1S(=O)(=O)N1CCC[C@@H](C(=O)NC2CCCCCCC2)C1. The zero-order chi connectivity index (χ0) is 24.3. The predicted molar refractivity (Wildman–Crippen MR) is 132 cm³/mol. The summed E-state index contributed by atoms with van der Waals surface area (Å²) in [6, 6.07) is 1.86. The maximum absolute atomic E-state index is 13.5. The Hall–Kier alpha value is -1.78. The summed E-state index contributed by atoms with van der Waals surface area (Å²) in [7, 11) is -3.72. The van der Waals surface area contributed by atoms with Gasteiger partial charge in [-0.25, -0.2) is 8.42 Å². The molecule has 188 valence electrons. The smallest absolute Gasteiger partial charge is 0.244 e. The molecule has 1 saturated heterocycles. The second-order valence-electron chi connectivity index (χ2n) is 9.89. The Morgan fingerprint density at radius 3 is 2.53 bits per heavy atom. The molecule has 2 aromatic rings. The molecule has 1 saturated carbocycles. The molecule has 0 bridgehead atoms. The Labute approximate surface area is 206 Å². The molecule has 2 aromatic heterocycles. The summed E-state index contributed by atoms with van der Waals surface area (Å²) in [5.74, 6) is 0.733. The largest absolute Gasteiger partial charge is 0.353 e. The quantitative estimate of drug-likeness (QED) is 0.597. The van der Waals surface area contributed by atoms with Crippen molar-refractivity contribution < 1.29 is 17.7 Å². The van der Waals surface area contributed by atoms with Gasteiger partial charge in [-0.15, -0.1) is 11.3 Å². The highest BCUT2D eigenvalue weighted by atomic mass is 32.2. The molecular formula is C24H36N4O4S2. The van der Waals surface area contributed by atoms with E-state index < -0.39 is 10.0 Å². The molecule has 10 heteroatoms. The van der Waals surface area contributed by atoms with Crippen molar-refractivity contribution in [1.29, 1.82) is 0 Å². The van der Waals surface area contributed by atoms with Gasteiger partial charge >= 0.3 is 0 Å². The molecule has 2 aliphatic rings. The van der Waals surface area contributed by atoms with Gasteiger partial charge < -0.3 is 9.84 Å². The number of thiophene rings is 1. The number of nitrogens with one attached hydrogen (secondary N) is 1. The molecule has 4 rings (SSSR count). The molecule has 2 fully saturated rings. The molecule has 0 aromatic carbocycles. The fourth-order valence-electron chi connectivity index (χ4n) is 4.83. The van der Waals surface area contributed by atoms with Crippen LogP contribution in [-0.2, 0) is 14.8 Å². The van der Waals surface area contributed by atoms with Crippen molar-refractivity contribution in [3.63, 3.8) is 0 Å². The van der Waals surface area contributed by atoms with Crippen LogP contribution in [0.25, 0.3) is 10.7 Å². The summed E-state index contributed by atoms with van der Waals surface area (Å²) in [6.45, 7) is 6.39. The minimum absolute atomic E-state index is 0.00113. The van der Waals surface area contributed by atoms with Crippen LogP contribution in [0.3, 0.4) is 0 Å².